The molecule has 0 bridgehead atoms. The number of hydrogen-bond donors (Lipinski definition) is 1. The maximum Gasteiger partial charge on any atom is 0.379 e. The van der Waals surface area contributed by atoms with Gasteiger partial charge in [0, 0.05) is 28.5 Å². The highest BCUT2D eigenvalue weighted by Gasteiger charge is 2.29. The van der Waals surface area contributed by atoms with Crippen LogP contribution in [0.2, 0.25) is 0 Å². The fraction of sp³-hybridized carbons (Fsp3) is 0.276. The van der Waals surface area contributed by atoms with Crippen molar-refractivity contribution in [3.05, 3.63) is 87.6 Å². The number of aryl methyl sites for hydroxylation is 4. The van der Waals surface area contributed by atoms with Crippen molar-refractivity contribution in [3.8, 4) is 5.75 Å². The Bertz CT molecular complexity index is 1500. The van der Waals surface area contributed by atoms with E-state index in [0.29, 0.717) is 35.6 Å². The van der Waals surface area contributed by atoms with E-state index in [1.165, 1.54) is 0 Å². The van der Waals surface area contributed by atoms with Crippen LogP contribution < -0.4 is 10.2 Å². The molecule has 0 aliphatic heterocycles. The highest BCUT2D eigenvalue weighted by Crippen LogP contribution is 2.31. The Morgan fingerprint density at radius 1 is 1.03 bits per heavy atom. The van der Waals surface area contributed by atoms with Gasteiger partial charge < -0.3 is 13.6 Å². The lowest BCUT2D eigenvalue weighted by Gasteiger charge is -2.13. The van der Waals surface area contributed by atoms with Crippen LogP contribution in [0.25, 0.3) is 11.0 Å². The van der Waals surface area contributed by atoms with E-state index in [1.807, 2.05) is 45.9 Å². The Hall–Kier alpha value is -4.13. The Morgan fingerprint density at radius 3 is 2.58 bits per heavy atom. The fourth-order valence-corrected chi connectivity index (χ4v) is 4.83. The number of hydrazone groups is 1. The Labute approximate surface area is 209 Å². The lowest BCUT2D eigenvalue weighted by atomic mass is 9.93. The summed E-state index contributed by atoms with van der Waals surface area (Å²) >= 11 is 0. The van der Waals surface area contributed by atoms with Crippen LogP contribution in [-0.2, 0) is 17.6 Å². The average Bonchev–Trinajstić information content (AvgIpc) is 3.40. The molecule has 2 aromatic carbocycles. The topological polar surface area (TPSA) is 94.0 Å². The molecule has 0 saturated carbocycles. The second-order valence-electron chi connectivity index (χ2n) is 9.40. The minimum atomic E-state index is -0.549. The normalized spacial score (nSPS) is 14.2. The smallest absolute Gasteiger partial charge is 0.379 e. The maximum atomic E-state index is 12.8. The first-order valence-electron chi connectivity index (χ1n) is 12.0. The number of amides is 1. The van der Waals surface area contributed by atoms with Crippen LogP contribution in [0.4, 0.5) is 0 Å². The summed E-state index contributed by atoms with van der Waals surface area (Å²) < 4.78 is 17.1. The second kappa shape index (κ2) is 9.49. The SMILES string of the molecule is Cc1ccc(OC(=O)c2oc3c(c2C)/C(=N/NC(=O)Cc2coc4cc(C)cc(C)c24)CCC3)cc1. The molecule has 0 spiro atoms. The first kappa shape index (κ1) is 23.6. The quantitative estimate of drug-likeness (QED) is 0.217. The molecule has 1 aliphatic rings. The number of carbonyl (C=O) groups is 2. The van der Waals surface area contributed by atoms with Crippen molar-refractivity contribution >= 4 is 28.6 Å². The van der Waals surface area contributed by atoms with Gasteiger partial charge in [-0.05, 0) is 69.9 Å². The number of ether oxygens (including phenoxy) is 1. The molecule has 36 heavy (non-hydrogen) atoms. The van der Waals surface area contributed by atoms with Gasteiger partial charge in [-0.1, -0.05) is 23.8 Å². The maximum absolute atomic E-state index is 12.8. The number of rotatable bonds is 5. The molecule has 1 N–H and O–H groups in total. The molecule has 0 radical (unpaired) electrons. The van der Waals surface area contributed by atoms with Crippen molar-refractivity contribution in [1.82, 2.24) is 5.43 Å². The zero-order valence-electron chi connectivity index (χ0n) is 20.9. The molecule has 0 atom stereocenters. The lowest BCUT2D eigenvalue weighted by Crippen LogP contribution is -2.23. The molecular formula is C29H28N2O5. The first-order valence-corrected chi connectivity index (χ1v) is 12.0. The van der Waals surface area contributed by atoms with Crippen LogP contribution in [0, 0.1) is 27.7 Å². The molecule has 7 nitrogen and oxygen atoms in total. The van der Waals surface area contributed by atoms with Gasteiger partial charge in [0.2, 0.25) is 11.7 Å². The molecule has 0 saturated heterocycles. The summed E-state index contributed by atoms with van der Waals surface area (Å²) in [4.78, 5) is 25.6. The van der Waals surface area contributed by atoms with Gasteiger partial charge in [-0.25, -0.2) is 10.2 Å². The molecule has 2 aromatic heterocycles. The Morgan fingerprint density at radius 2 is 1.81 bits per heavy atom. The third kappa shape index (κ3) is 4.56. The number of carbonyl (C=O) groups excluding carboxylic acids is 2. The number of benzene rings is 2. The molecule has 0 fully saturated rings. The van der Waals surface area contributed by atoms with Gasteiger partial charge in [0.05, 0.1) is 18.4 Å². The van der Waals surface area contributed by atoms with E-state index in [9.17, 15) is 9.59 Å². The van der Waals surface area contributed by atoms with Crippen molar-refractivity contribution in [2.75, 3.05) is 0 Å². The van der Waals surface area contributed by atoms with Crippen LogP contribution in [0.3, 0.4) is 0 Å². The van der Waals surface area contributed by atoms with Gasteiger partial charge in [0.1, 0.15) is 17.1 Å². The van der Waals surface area contributed by atoms with E-state index >= 15 is 0 Å². The van der Waals surface area contributed by atoms with Crippen LogP contribution in [0.5, 0.6) is 5.75 Å². The Kier molecular flexibility index (Phi) is 6.22. The summed E-state index contributed by atoms with van der Waals surface area (Å²) in [6, 6.07) is 11.3. The van der Waals surface area contributed by atoms with Crippen molar-refractivity contribution in [2.24, 2.45) is 5.10 Å². The predicted molar refractivity (Wildman–Crippen MR) is 137 cm³/mol. The van der Waals surface area contributed by atoms with Gasteiger partial charge >= 0.3 is 5.97 Å². The number of esters is 1. The highest BCUT2D eigenvalue weighted by atomic mass is 16.5. The molecule has 1 amide bonds. The first-order chi connectivity index (χ1) is 17.3. The monoisotopic (exact) mass is 484 g/mol. The van der Waals surface area contributed by atoms with Crippen LogP contribution >= 0.6 is 0 Å². The zero-order chi connectivity index (χ0) is 25.4. The number of hydrogen-bond acceptors (Lipinski definition) is 6. The van der Waals surface area contributed by atoms with Gasteiger partial charge in [-0.2, -0.15) is 5.10 Å². The predicted octanol–water partition coefficient (Wildman–Crippen LogP) is 5.88. The number of furan rings is 2. The van der Waals surface area contributed by atoms with Gasteiger partial charge in [0.15, 0.2) is 0 Å². The van der Waals surface area contributed by atoms with E-state index in [4.69, 9.17) is 13.6 Å². The minimum Gasteiger partial charge on any atom is -0.464 e. The van der Waals surface area contributed by atoms with E-state index in [1.54, 1.807) is 18.4 Å². The Balaban J connectivity index is 1.33. The second-order valence-corrected chi connectivity index (χ2v) is 9.40. The fourth-order valence-electron chi connectivity index (χ4n) is 4.83. The van der Waals surface area contributed by atoms with E-state index in [0.717, 1.165) is 45.2 Å². The summed E-state index contributed by atoms with van der Waals surface area (Å²) in [6.45, 7) is 7.81. The van der Waals surface area contributed by atoms with Crippen molar-refractivity contribution < 1.29 is 23.2 Å². The average molecular weight is 485 g/mol. The van der Waals surface area contributed by atoms with Crippen molar-refractivity contribution in [1.29, 1.82) is 0 Å². The summed E-state index contributed by atoms with van der Waals surface area (Å²) in [5.41, 5.74) is 9.69. The van der Waals surface area contributed by atoms with Crippen molar-refractivity contribution in [2.45, 2.75) is 53.4 Å². The van der Waals surface area contributed by atoms with Crippen LogP contribution in [-0.4, -0.2) is 17.6 Å². The molecule has 4 aromatic rings. The molecule has 184 valence electrons. The third-order valence-electron chi connectivity index (χ3n) is 6.50. The zero-order valence-corrected chi connectivity index (χ0v) is 20.9. The molecule has 1 aliphatic carbocycles. The molecular weight excluding hydrogens is 456 g/mol. The third-order valence-corrected chi connectivity index (χ3v) is 6.50. The number of nitrogens with one attached hydrogen (secondary N) is 1. The van der Waals surface area contributed by atoms with Crippen molar-refractivity contribution in [3.63, 3.8) is 0 Å². The highest BCUT2D eigenvalue weighted by molar-refractivity contribution is 6.06. The minimum absolute atomic E-state index is 0.152. The van der Waals surface area contributed by atoms with Gasteiger partial charge in [-0.15, -0.1) is 0 Å². The molecule has 2 heterocycles. The standard InChI is InChI=1S/C29H28N2O5/c1-16-8-10-21(11-9-16)35-29(33)28-19(4)27-22(6-5-7-23(27)36-28)30-31-25(32)14-20-15-34-24-13-17(2)12-18(3)26(20)24/h8-13,15H,5-7,14H2,1-4H3,(H,31,32)/b30-22+. The summed E-state index contributed by atoms with van der Waals surface area (Å²) in [7, 11) is 0. The van der Waals surface area contributed by atoms with Gasteiger partial charge in [-0.3, -0.25) is 4.79 Å². The molecule has 7 heteroatoms. The molecule has 5 rings (SSSR count). The summed E-state index contributed by atoms with van der Waals surface area (Å²) in [6.07, 6.45) is 3.97. The van der Waals surface area contributed by atoms with Crippen LogP contribution in [0.1, 0.15) is 62.5 Å². The number of fused-ring (bicyclic) bond motifs is 2. The summed E-state index contributed by atoms with van der Waals surface area (Å²) in [5.74, 6) is 0.522. The van der Waals surface area contributed by atoms with E-state index in [-0.39, 0.29) is 18.1 Å². The number of nitrogens with zero attached hydrogens (tertiary/aromatic N) is 1. The lowest BCUT2D eigenvalue weighted by molar-refractivity contribution is -0.120. The summed E-state index contributed by atoms with van der Waals surface area (Å²) in [5, 5.41) is 5.39. The van der Waals surface area contributed by atoms with E-state index < -0.39 is 5.97 Å². The largest absolute Gasteiger partial charge is 0.464 e. The van der Waals surface area contributed by atoms with Gasteiger partial charge in [0.25, 0.3) is 0 Å². The molecule has 0 unspecified atom stereocenters. The van der Waals surface area contributed by atoms with E-state index in [2.05, 4.69) is 16.6 Å². The van der Waals surface area contributed by atoms with Crippen LogP contribution in [0.15, 0.2) is 56.6 Å².